The highest BCUT2D eigenvalue weighted by atomic mass is 16.5. The van der Waals surface area contributed by atoms with E-state index in [0.29, 0.717) is 0 Å². The number of hydrogen-bond donors (Lipinski definition) is 0. The molecule has 0 amide bonds. The minimum Gasteiger partial charge on any atom is -0.497 e. The average Bonchev–Trinajstić information content (AvgIpc) is 2.48. The Bertz CT molecular complexity index is 573. The summed E-state index contributed by atoms with van der Waals surface area (Å²) < 4.78 is 5.35. The lowest BCUT2D eigenvalue weighted by Crippen LogP contribution is -2.28. The fourth-order valence-electron chi connectivity index (χ4n) is 3.32. The summed E-state index contributed by atoms with van der Waals surface area (Å²) >= 11 is 0. The Balaban J connectivity index is 2.12. The van der Waals surface area contributed by atoms with Gasteiger partial charge >= 0.3 is 0 Å². The SMILES string of the molecule is COc1ccc2c(c1)CCCC2(C)c1ccccc1. The van der Waals surface area contributed by atoms with Gasteiger partial charge in [0.25, 0.3) is 0 Å². The molecule has 3 rings (SSSR count). The largest absolute Gasteiger partial charge is 0.497 e. The first kappa shape index (κ1) is 12.3. The molecule has 0 bridgehead atoms. The quantitative estimate of drug-likeness (QED) is 0.772. The van der Waals surface area contributed by atoms with Gasteiger partial charge in [0.05, 0.1) is 7.11 Å². The lowest BCUT2D eigenvalue weighted by atomic mass is 9.67. The van der Waals surface area contributed by atoms with Crippen LogP contribution in [0.15, 0.2) is 48.5 Å². The van der Waals surface area contributed by atoms with Crippen LogP contribution in [0.2, 0.25) is 0 Å². The van der Waals surface area contributed by atoms with E-state index in [0.717, 1.165) is 12.2 Å². The molecule has 0 N–H and O–H groups in total. The lowest BCUT2D eigenvalue weighted by Gasteiger charge is -2.37. The van der Waals surface area contributed by atoms with E-state index < -0.39 is 0 Å². The first-order valence-electron chi connectivity index (χ1n) is 6.97. The molecule has 98 valence electrons. The van der Waals surface area contributed by atoms with Gasteiger partial charge in [-0.2, -0.15) is 0 Å². The first-order chi connectivity index (χ1) is 9.24. The molecule has 0 heterocycles. The van der Waals surface area contributed by atoms with Crippen molar-refractivity contribution < 1.29 is 4.74 Å². The number of rotatable bonds is 2. The molecule has 0 aliphatic heterocycles. The van der Waals surface area contributed by atoms with E-state index in [4.69, 9.17) is 4.74 Å². The number of aryl methyl sites for hydroxylation is 1. The van der Waals surface area contributed by atoms with E-state index in [-0.39, 0.29) is 5.41 Å². The molecule has 1 aliphatic carbocycles. The maximum atomic E-state index is 5.35. The standard InChI is InChI=1S/C18H20O/c1-18(15-8-4-3-5-9-15)12-6-7-14-13-16(19-2)10-11-17(14)18/h3-5,8-11,13H,6-7,12H2,1-2H3. The number of benzene rings is 2. The van der Waals surface area contributed by atoms with Crippen LogP contribution in [0.5, 0.6) is 5.75 Å². The predicted molar refractivity (Wildman–Crippen MR) is 78.8 cm³/mol. The zero-order chi connectivity index (χ0) is 13.3. The molecule has 0 radical (unpaired) electrons. The van der Waals surface area contributed by atoms with E-state index >= 15 is 0 Å². The maximum absolute atomic E-state index is 5.35. The number of fused-ring (bicyclic) bond motifs is 1. The number of ether oxygens (including phenoxy) is 1. The van der Waals surface area contributed by atoms with Gasteiger partial charge in [0, 0.05) is 5.41 Å². The van der Waals surface area contributed by atoms with Gasteiger partial charge in [-0.3, -0.25) is 0 Å². The normalized spacial score (nSPS) is 21.8. The summed E-state index contributed by atoms with van der Waals surface area (Å²) in [5.41, 5.74) is 4.46. The second-order valence-corrected chi connectivity index (χ2v) is 5.57. The van der Waals surface area contributed by atoms with Crippen LogP contribution in [-0.4, -0.2) is 7.11 Å². The molecule has 1 atom stereocenters. The molecule has 0 saturated heterocycles. The molecule has 0 saturated carbocycles. The zero-order valence-corrected chi connectivity index (χ0v) is 11.6. The van der Waals surface area contributed by atoms with Crippen molar-refractivity contribution >= 4 is 0 Å². The third kappa shape index (κ3) is 2.03. The summed E-state index contributed by atoms with van der Waals surface area (Å²) in [5, 5.41) is 0. The summed E-state index contributed by atoms with van der Waals surface area (Å²) in [4.78, 5) is 0. The molecule has 1 unspecified atom stereocenters. The Morgan fingerprint density at radius 2 is 1.84 bits per heavy atom. The summed E-state index contributed by atoms with van der Waals surface area (Å²) in [6.45, 7) is 2.37. The first-order valence-corrected chi connectivity index (χ1v) is 6.97. The Labute approximate surface area is 115 Å². The van der Waals surface area contributed by atoms with Gasteiger partial charge in [-0.1, -0.05) is 43.3 Å². The van der Waals surface area contributed by atoms with Gasteiger partial charge in [-0.05, 0) is 48.1 Å². The van der Waals surface area contributed by atoms with Crippen LogP contribution in [0.4, 0.5) is 0 Å². The van der Waals surface area contributed by atoms with E-state index in [1.54, 1.807) is 7.11 Å². The summed E-state index contributed by atoms with van der Waals surface area (Å²) in [5.74, 6) is 0.969. The molecule has 0 fully saturated rings. The van der Waals surface area contributed by atoms with Crippen molar-refractivity contribution in [3.63, 3.8) is 0 Å². The second kappa shape index (κ2) is 4.73. The van der Waals surface area contributed by atoms with Crippen LogP contribution in [0.3, 0.4) is 0 Å². The van der Waals surface area contributed by atoms with Crippen molar-refractivity contribution in [1.82, 2.24) is 0 Å². The van der Waals surface area contributed by atoms with E-state index in [2.05, 4.69) is 55.5 Å². The zero-order valence-electron chi connectivity index (χ0n) is 11.6. The second-order valence-electron chi connectivity index (χ2n) is 5.57. The van der Waals surface area contributed by atoms with Crippen molar-refractivity contribution in [3.8, 4) is 5.75 Å². The fraction of sp³-hybridized carbons (Fsp3) is 0.333. The third-order valence-corrected chi connectivity index (χ3v) is 4.44. The molecule has 2 aromatic rings. The smallest absolute Gasteiger partial charge is 0.119 e. The van der Waals surface area contributed by atoms with Crippen molar-refractivity contribution in [3.05, 3.63) is 65.2 Å². The Hall–Kier alpha value is -1.76. The molecule has 1 aliphatic rings. The predicted octanol–water partition coefficient (Wildman–Crippen LogP) is 4.34. The lowest BCUT2D eigenvalue weighted by molar-refractivity contribution is 0.410. The van der Waals surface area contributed by atoms with Gasteiger partial charge in [0.1, 0.15) is 5.75 Å². The van der Waals surface area contributed by atoms with Crippen LogP contribution in [0.25, 0.3) is 0 Å². The van der Waals surface area contributed by atoms with Crippen molar-refractivity contribution in [2.45, 2.75) is 31.6 Å². The van der Waals surface area contributed by atoms with Gasteiger partial charge in [-0.25, -0.2) is 0 Å². The molecule has 1 nitrogen and oxygen atoms in total. The van der Waals surface area contributed by atoms with Crippen LogP contribution in [0, 0.1) is 0 Å². The summed E-state index contributed by atoms with van der Waals surface area (Å²) in [6.07, 6.45) is 3.62. The molecule has 2 aromatic carbocycles. The molecular formula is C18H20O. The number of methoxy groups -OCH3 is 1. The maximum Gasteiger partial charge on any atom is 0.119 e. The molecule has 19 heavy (non-hydrogen) atoms. The van der Waals surface area contributed by atoms with Crippen molar-refractivity contribution in [1.29, 1.82) is 0 Å². The topological polar surface area (TPSA) is 9.23 Å². The Kier molecular flexibility index (Phi) is 3.06. The van der Waals surface area contributed by atoms with Crippen LogP contribution >= 0.6 is 0 Å². The Morgan fingerprint density at radius 3 is 2.58 bits per heavy atom. The van der Waals surface area contributed by atoms with Gasteiger partial charge in [-0.15, -0.1) is 0 Å². The highest BCUT2D eigenvalue weighted by Crippen LogP contribution is 2.43. The van der Waals surface area contributed by atoms with Crippen LogP contribution in [0.1, 0.15) is 36.5 Å². The van der Waals surface area contributed by atoms with E-state index in [9.17, 15) is 0 Å². The minimum absolute atomic E-state index is 0.140. The fourth-order valence-corrected chi connectivity index (χ4v) is 3.32. The van der Waals surface area contributed by atoms with Gasteiger partial charge in [0.2, 0.25) is 0 Å². The highest BCUT2D eigenvalue weighted by Gasteiger charge is 2.33. The monoisotopic (exact) mass is 252 g/mol. The minimum atomic E-state index is 0.140. The van der Waals surface area contributed by atoms with Gasteiger partial charge < -0.3 is 4.74 Å². The summed E-state index contributed by atoms with van der Waals surface area (Å²) in [7, 11) is 1.74. The molecule has 0 spiro atoms. The highest BCUT2D eigenvalue weighted by molar-refractivity contribution is 5.47. The van der Waals surface area contributed by atoms with Gasteiger partial charge in [0.15, 0.2) is 0 Å². The van der Waals surface area contributed by atoms with Crippen LogP contribution < -0.4 is 4.74 Å². The van der Waals surface area contributed by atoms with Crippen LogP contribution in [-0.2, 0) is 11.8 Å². The average molecular weight is 252 g/mol. The molecular weight excluding hydrogens is 232 g/mol. The molecule has 1 heteroatoms. The number of hydrogen-bond acceptors (Lipinski definition) is 1. The van der Waals surface area contributed by atoms with E-state index in [1.807, 2.05) is 0 Å². The van der Waals surface area contributed by atoms with E-state index in [1.165, 1.54) is 29.5 Å². The third-order valence-electron chi connectivity index (χ3n) is 4.44. The van der Waals surface area contributed by atoms with Crippen molar-refractivity contribution in [2.75, 3.05) is 7.11 Å². The molecule has 0 aromatic heterocycles. The Morgan fingerprint density at radius 1 is 1.05 bits per heavy atom. The summed E-state index contributed by atoms with van der Waals surface area (Å²) in [6, 6.07) is 17.4. The van der Waals surface area contributed by atoms with Crippen molar-refractivity contribution in [2.24, 2.45) is 0 Å².